The van der Waals surface area contributed by atoms with Crippen LogP contribution in [0, 0.1) is 19.3 Å². The number of anilines is 1. The summed E-state index contributed by atoms with van der Waals surface area (Å²) in [5.74, 6) is 0. The third-order valence-electron chi connectivity index (χ3n) is 11.7. The number of hydrogen-bond acceptors (Lipinski definition) is 1. The lowest BCUT2D eigenvalue weighted by Crippen LogP contribution is -2.37. The first-order valence-electron chi connectivity index (χ1n) is 20.1. The van der Waals surface area contributed by atoms with Crippen LogP contribution < -0.4 is 4.90 Å². The molecule has 0 fully saturated rings. The SMILES string of the molecule is Cc1ccc2c(c1)C(C)(C)C(/C=C/C1=C(C(C)(C)C)C(=C/C=C3/N(CCC[N+](C)(C)C)c4ccc(C)cc4C3(C)C)/CCC1)=[N+]2CCC[N+](C)(C)C. The molecule has 2 heterocycles. The largest absolute Gasteiger partial charge is 0.344 e. The van der Waals surface area contributed by atoms with Crippen LogP contribution in [0.5, 0.6) is 0 Å². The van der Waals surface area contributed by atoms with Crippen LogP contribution in [-0.2, 0) is 10.8 Å². The molecule has 0 radical (unpaired) electrons. The third-order valence-corrected chi connectivity index (χ3v) is 11.7. The molecule has 2 aromatic carbocycles. The van der Waals surface area contributed by atoms with Crippen molar-refractivity contribution in [1.82, 2.24) is 0 Å². The molecular formula is C48H73N4+3. The van der Waals surface area contributed by atoms with Gasteiger partial charge in [-0.05, 0) is 92.9 Å². The van der Waals surface area contributed by atoms with Crippen LogP contribution in [0.1, 0.15) is 103 Å². The van der Waals surface area contributed by atoms with Gasteiger partial charge >= 0.3 is 0 Å². The van der Waals surface area contributed by atoms with Crippen molar-refractivity contribution in [2.75, 3.05) is 73.4 Å². The molecule has 0 amide bonds. The van der Waals surface area contributed by atoms with Gasteiger partial charge in [0.25, 0.3) is 0 Å². The monoisotopic (exact) mass is 706 g/mol. The number of nitrogens with zero attached hydrogens (tertiary/aromatic N) is 4. The number of rotatable bonds is 11. The van der Waals surface area contributed by atoms with E-state index in [0.717, 1.165) is 60.8 Å². The summed E-state index contributed by atoms with van der Waals surface area (Å²) in [6.45, 7) is 25.8. The first-order valence-corrected chi connectivity index (χ1v) is 20.1. The smallest absolute Gasteiger partial charge is 0.209 e. The molecule has 2 aliphatic heterocycles. The van der Waals surface area contributed by atoms with E-state index in [9.17, 15) is 0 Å². The Kier molecular flexibility index (Phi) is 11.2. The highest BCUT2D eigenvalue weighted by Gasteiger charge is 2.44. The quantitative estimate of drug-likeness (QED) is 0.167. The standard InChI is InChI=1S/C48H73N4/c1-35-21-25-41-39(33-35)47(6,7)43(49(41)29-17-31-51(10,11)12)27-23-37-19-16-20-38(45(37)46(3,4)5)24-28-44-48(8,9)40-34-36(2)22-26-42(40)50(44)30-18-32-52(13,14)15/h21-28,33-34H,16-20,29-32H2,1-15H3/q+3. The topological polar surface area (TPSA) is 6.25 Å². The molecule has 4 heteroatoms. The molecule has 0 N–H and O–H groups in total. The summed E-state index contributed by atoms with van der Waals surface area (Å²) in [5.41, 5.74) is 15.7. The summed E-state index contributed by atoms with van der Waals surface area (Å²) >= 11 is 0. The molecule has 2 aromatic rings. The lowest BCUT2D eigenvalue weighted by Gasteiger charge is -2.32. The zero-order valence-electron chi connectivity index (χ0n) is 35.9. The maximum atomic E-state index is 2.64. The minimum Gasteiger partial charge on any atom is -0.344 e. The summed E-state index contributed by atoms with van der Waals surface area (Å²) in [5, 5.41) is 0. The van der Waals surface area contributed by atoms with Crippen molar-refractivity contribution < 1.29 is 13.5 Å². The number of allylic oxidation sites excluding steroid dienone is 8. The Balaban J connectivity index is 1.57. The number of fused-ring (bicyclic) bond motifs is 2. The molecule has 282 valence electrons. The molecule has 0 atom stereocenters. The number of hydrogen-bond donors (Lipinski definition) is 0. The maximum absolute atomic E-state index is 2.64. The fourth-order valence-corrected chi connectivity index (χ4v) is 9.05. The van der Waals surface area contributed by atoms with Crippen LogP contribution in [-0.4, -0.2) is 87.7 Å². The summed E-state index contributed by atoms with van der Waals surface area (Å²) in [6, 6.07) is 14.2. The van der Waals surface area contributed by atoms with Crippen molar-refractivity contribution in [2.45, 2.75) is 105 Å². The highest BCUT2D eigenvalue weighted by molar-refractivity contribution is 6.03. The van der Waals surface area contributed by atoms with E-state index in [4.69, 9.17) is 0 Å². The predicted molar refractivity (Wildman–Crippen MR) is 226 cm³/mol. The number of benzene rings is 2. The second-order valence-electron chi connectivity index (χ2n) is 20.3. The minimum atomic E-state index is -0.0502. The first kappa shape index (κ1) is 40.0. The molecule has 0 unspecified atom stereocenters. The van der Waals surface area contributed by atoms with E-state index < -0.39 is 0 Å². The highest BCUT2D eigenvalue weighted by Crippen LogP contribution is 2.49. The Hall–Kier alpha value is -3.21. The summed E-state index contributed by atoms with van der Waals surface area (Å²) in [6.07, 6.45) is 15.8. The van der Waals surface area contributed by atoms with Gasteiger partial charge in [0.1, 0.15) is 0 Å². The Labute approximate surface area is 319 Å². The van der Waals surface area contributed by atoms with Crippen molar-refractivity contribution in [2.24, 2.45) is 5.41 Å². The Morgan fingerprint density at radius 1 is 0.750 bits per heavy atom. The maximum Gasteiger partial charge on any atom is 0.209 e. The molecule has 3 aliphatic rings. The summed E-state index contributed by atoms with van der Waals surface area (Å²) in [4.78, 5) is 2.64. The average Bonchev–Trinajstić information content (AvgIpc) is 3.34. The summed E-state index contributed by atoms with van der Waals surface area (Å²) in [7, 11) is 13.8. The van der Waals surface area contributed by atoms with E-state index in [1.165, 1.54) is 68.2 Å². The number of quaternary nitrogens is 2. The second kappa shape index (κ2) is 14.6. The van der Waals surface area contributed by atoms with Crippen LogP contribution in [0.2, 0.25) is 0 Å². The Morgan fingerprint density at radius 3 is 2.00 bits per heavy atom. The van der Waals surface area contributed by atoms with E-state index in [2.05, 4.69) is 175 Å². The first-order chi connectivity index (χ1) is 24.0. The van der Waals surface area contributed by atoms with Crippen LogP contribution >= 0.6 is 0 Å². The van der Waals surface area contributed by atoms with Gasteiger partial charge in [-0.3, -0.25) is 0 Å². The fraction of sp³-hybridized carbons (Fsp3) is 0.562. The third kappa shape index (κ3) is 8.60. The van der Waals surface area contributed by atoms with E-state index in [1.807, 2.05) is 0 Å². The van der Waals surface area contributed by atoms with Gasteiger partial charge in [-0.2, -0.15) is 4.58 Å². The van der Waals surface area contributed by atoms with Gasteiger partial charge in [-0.1, -0.05) is 76.1 Å². The molecule has 0 saturated heterocycles. The molecule has 0 aromatic heterocycles. The molecule has 52 heavy (non-hydrogen) atoms. The lowest BCUT2D eigenvalue weighted by molar-refractivity contribution is -0.871. The van der Waals surface area contributed by atoms with Gasteiger partial charge in [0.15, 0.2) is 12.3 Å². The number of aryl methyl sites for hydroxylation is 2. The summed E-state index contributed by atoms with van der Waals surface area (Å²) < 4.78 is 4.62. The van der Waals surface area contributed by atoms with Crippen LogP contribution in [0.4, 0.5) is 11.4 Å². The van der Waals surface area contributed by atoms with Gasteiger partial charge in [0.05, 0.1) is 67.2 Å². The Morgan fingerprint density at radius 2 is 1.37 bits per heavy atom. The Bertz CT molecular complexity index is 1820. The molecule has 5 rings (SSSR count). The van der Waals surface area contributed by atoms with E-state index in [-0.39, 0.29) is 16.2 Å². The molecule has 0 saturated carbocycles. The lowest BCUT2D eigenvalue weighted by atomic mass is 9.73. The van der Waals surface area contributed by atoms with Gasteiger partial charge < -0.3 is 13.9 Å². The molecule has 0 bridgehead atoms. The van der Waals surface area contributed by atoms with Gasteiger partial charge in [-0.15, -0.1) is 0 Å². The second-order valence-corrected chi connectivity index (χ2v) is 20.3. The van der Waals surface area contributed by atoms with Gasteiger partial charge in [0.2, 0.25) is 5.69 Å². The fourth-order valence-electron chi connectivity index (χ4n) is 9.05. The zero-order chi connectivity index (χ0) is 38.4. The molecule has 1 aliphatic carbocycles. The van der Waals surface area contributed by atoms with Crippen molar-refractivity contribution >= 4 is 17.1 Å². The van der Waals surface area contributed by atoms with Crippen molar-refractivity contribution in [3.05, 3.63) is 105 Å². The normalized spacial score (nSPS) is 20.6. The predicted octanol–water partition coefficient (Wildman–Crippen LogP) is 10.6. The average molecular weight is 706 g/mol. The van der Waals surface area contributed by atoms with Crippen LogP contribution in [0.3, 0.4) is 0 Å². The molecule has 0 spiro atoms. The highest BCUT2D eigenvalue weighted by atomic mass is 15.3. The van der Waals surface area contributed by atoms with E-state index in [0.29, 0.717) is 0 Å². The van der Waals surface area contributed by atoms with E-state index >= 15 is 0 Å². The van der Waals surface area contributed by atoms with Crippen molar-refractivity contribution in [1.29, 1.82) is 0 Å². The van der Waals surface area contributed by atoms with Gasteiger partial charge in [0, 0.05) is 47.5 Å². The van der Waals surface area contributed by atoms with E-state index in [1.54, 1.807) is 0 Å². The van der Waals surface area contributed by atoms with Gasteiger partial charge in [-0.25, -0.2) is 0 Å². The van der Waals surface area contributed by atoms with Crippen LogP contribution in [0.15, 0.2) is 83.1 Å². The minimum absolute atomic E-state index is 0.0419. The van der Waals surface area contributed by atoms with Crippen molar-refractivity contribution in [3.63, 3.8) is 0 Å². The zero-order valence-corrected chi connectivity index (χ0v) is 35.9. The van der Waals surface area contributed by atoms with Crippen molar-refractivity contribution in [3.8, 4) is 0 Å². The molecule has 4 nitrogen and oxygen atoms in total. The molecular weight excluding hydrogens is 633 g/mol. The van der Waals surface area contributed by atoms with Crippen LogP contribution in [0.25, 0.3) is 0 Å².